The van der Waals surface area contributed by atoms with Gasteiger partial charge in [0.2, 0.25) is 16.0 Å². The number of halogens is 1. The first-order chi connectivity index (χ1) is 14.4. The van der Waals surface area contributed by atoms with Crippen LogP contribution < -0.4 is 15.8 Å². The van der Waals surface area contributed by atoms with E-state index in [0.717, 1.165) is 10.8 Å². The number of hydrogen-bond acceptors (Lipinski definition) is 7. The molecule has 30 heavy (non-hydrogen) atoms. The van der Waals surface area contributed by atoms with Gasteiger partial charge in [0, 0.05) is 42.4 Å². The molecule has 11 heteroatoms. The first-order valence-electron chi connectivity index (χ1n) is 9.35. The SMILES string of the molecule is Cc1cc(=O)nc2sc(N3CCN(C(=O)CNC(=O)c4ccccc4Br)CC3)nn12. The number of nitrogens with zero attached hydrogens (tertiary/aromatic N) is 5. The molecule has 2 aromatic heterocycles. The van der Waals surface area contributed by atoms with Crippen molar-refractivity contribution in [2.24, 2.45) is 0 Å². The molecule has 1 aromatic carbocycles. The maximum absolute atomic E-state index is 12.5. The van der Waals surface area contributed by atoms with Crippen molar-refractivity contribution in [3.05, 3.63) is 56.4 Å². The topological polar surface area (TPSA) is 99.9 Å². The highest BCUT2D eigenvalue weighted by molar-refractivity contribution is 9.10. The number of nitrogens with one attached hydrogen (secondary N) is 1. The maximum atomic E-state index is 12.5. The molecule has 0 atom stereocenters. The van der Waals surface area contributed by atoms with Crippen LogP contribution >= 0.6 is 27.3 Å². The predicted molar refractivity (Wildman–Crippen MR) is 117 cm³/mol. The minimum Gasteiger partial charge on any atom is -0.343 e. The minimum atomic E-state index is -0.290. The van der Waals surface area contributed by atoms with Gasteiger partial charge in [0.05, 0.1) is 12.1 Å². The summed E-state index contributed by atoms with van der Waals surface area (Å²) in [6, 6.07) is 8.54. The van der Waals surface area contributed by atoms with Gasteiger partial charge < -0.3 is 15.1 Å². The molecule has 3 heterocycles. The average Bonchev–Trinajstić information content (AvgIpc) is 3.16. The molecule has 1 aliphatic rings. The molecule has 2 amide bonds. The molecule has 1 aliphatic heterocycles. The van der Waals surface area contributed by atoms with E-state index in [0.29, 0.717) is 41.2 Å². The summed E-state index contributed by atoms with van der Waals surface area (Å²) in [7, 11) is 0. The zero-order valence-corrected chi connectivity index (χ0v) is 18.6. The van der Waals surface area contributed by atoms with Gasteiger partial charge in [-0.1, -0.05) is 23.5 Å². The van der Waals surface area contributed by atoms with Gasteiger partial charge in [-0.25, -0.2) is 4.52 Å². The average molecular weight is 491 g/mol. The fourth-order valence-electron chi connectivity index (χ4n) is 3.22. The zero-order valence-electron chi connectivity index (χ0n) is 16.2. The summed E-state index contributed by atoms with van der Waals surface area (Å²) in [5, 5.41) is 8.00. The number of rotatable bonds is 4. The number of aromatic nitrogens is 3. The second-order valence-electron chi connectivity index (χ2n) is 6.85. The van der Waals surface area contributed by atoms with Crippen molar-refractivity contribution < 1.29 is 9.59 Å². The number of aryl methyl sites for hydroxylation is 1. The molecule has 1 N–H and O–H groups in total. The van der Waals surface area contributed by atoms with E-state index in [1.165, 1.54) is 17.4 Å². The van der Waals surface area contributed by atoms with Crippen molar-refractivity contribution in [2.75, 3.05) is 37.6 Å². The lowest BCUT2D eigenvalue weighted by atomic mass is 10.2. The number of anilines is 1. The zero-order chi connectivity index (χ0) is 21.3. The van der Waals surface area contributed by atoms with E-state index in [4.69, 9.17) is 0 Å². The maximum Gasteiger partial charge on any atom is 0.274 e. The molecule has 0 unspecified atom stereocenters. The summed E-state index contributed by atoms with van der Waals surface area (Å²) in [6.45, 7) is 4.07. The van der Waals surface area contributed by atoms with Gasteiger partial charge in [-0.15, -0.1) is 5.10 Å². The molecule has 0 spiro atoms. The van der Waals surface area contributed by atoms with Crippen LogP contribution in [0.3, 0.4) is 0 Å². The molecule has 0 radical (unpaired) electrons. The Morgan fingerprint density at radius 2 is 1.93 bits per heavy atom. The number of carbonyl (C=O) groups is 2. The molecule has 0 aliphatic carbocycles. The van der Waals surface area contributed by atoms with Crippen LogP contribution in [0.5, 0.6) is 0 Å². The summed E-state index contributed by atoms with van der Waals surface area (Å²) in [6.07, 6.45) is 0. The fourth-order valence-corrected chi connectivity index (χ4v) is 4.69. The van der Waals surface area contributed by atoms with E-state index in [1.807, 2.05) is 13.0 Å². The van der Waals surface area contributed by atoms with Crippen molar-refractivity contribution >= 4 is 49.2 Å². The summed E-state index contributed by atoms with van der Waals surface area (Å²) in [5.41, 5.74) is 0.957. The molecule has 4 rings (SSSR count). The Balaban J connectivity index is 1.33. The second-order valence-corrected chi connectivity index (χ2v) is 8.63. The third-order valence-electron chi connectivity index (χ3n) is 4.84. The Bertz CT molecular complexity index is 1170. The van der Waals surface area contributed by atoms with Crippen LogP contribution in [0.15, 0.2) is 39.6 Å². The van der Waals surface area contributed by atoms with Crippen LogP contribution in [0.25, 0.3) is 4.96 Å². The van der Waals surface area contributed by atoms with Crippen LogP contribution in [0, 0.1) is 6.92 Å². The number of carbonyl (C=O) groups excluding carboxylic acids is 2. The van der Waals surface area contributed by atoms with Crippen molar-refractivity contribution in [2.45, 2.75) is 6.92 Å². The summed E-state index contributed by atoms with van der Waals surface area (Å²) in [5.74, 6) is -0.413. The molecule has 9 nitrogen and oxygen atoms in total. The molecule has 1 fully saturated rings. The van der Waals surface area contributed by atoms with E-state index < -0.39 is 0 Å². The van der Waals surface area contributed by atoms with Crippen molar-refractivity contribution in [1.82, 2.24) is 24.8 Å². The van der Waals surface area contributed by atoms with E-state index >= 15 is 0 Å². The van der Waals surface area contributed by atoms with Crippen LogP contribution in [0.2, 0.25) is 0 Å². The van der Waals surface area contributed by atoms with E-state index in [2.05, 4.69) is 36.2 Å². The second kappa shape index (κ2) is 8.52. The number of hydrogen-bond donors (Lipinski definition) is 1. The van der Waals surface area contributed by atoms with Crippen molar-refractivity contribution in [1.29, 1.82) is 0 Å². The normalized spacial score (nSPS) is 14.2. The van der Waals surface area contributed by atoms with Crippen LogP contribution in [-0.2, 0) is 4.79 Å². The number of piperazine rings is 1. The Morgan fingerprint density at radius 1 is 1.20 bits per heavy atom. The first-order valence-corrected chi connectivity index (χ1v) is 11.0. The number of benzene rings is 1. The third kappa shape index (κ3) is 4.21. The highest BCUT2D eigenvalue weighted by Gasteiger charge is 2.24. The molecule has 0 saturated carbocycles. The Labute approximate surface area is 184 Å². The standard InChI is InChI=1S/C19H19BrN6O3S/c1-12-10-15(27)22-18-26(12)23-19(30-18)25-8-6-24(7-9-25)16(28)11-21-17(29)13-4-2-3-5-14(13)20/h2-5,10H,6-9,11H2,1H3,(H,21,29). The summed E-state index contributed by atoms with van der Waals surface area (Å²) < 4.78 is 2.35. The predicted octanol–water partition coefficient (Wildman–Crippen LogP) is 1.30. The minimum absolute atomic E-state index is 0.0491. The van der Waals surface area contributed by atoms with Crippen LogP contribution in [-0.4, -0.2) is 64.0 Å². The monoisotopic (exact) mass is 490 g/mol. The smallest absolute Gasteiger partial charge is 0.274 e. The fraction of sp³-hybridized carbons (Fsp3) is 0.316. The van der Waals surface area contributed by atoms with Gasteiger partial charge in [0.25, 0.3) is 11.5 Å². The number of amides is 2. The Morgan fingerprint density at radius 3 is 2.67 bits per heavy atom. The molecular weight excluding hydrogens is 472 g/mol. The van der Waals surface area contributed by atoms with E-state index in [1.54, 1.807) is 27.6 Å². The Hall–Kier alpha value is -2.79. The lowest BCUT2D eigenvalue weighted by Crippen LogP contribution is -2.51. The molecule has 1 saturated heterocycles. The van der Waals surface area contributed by atoms with Gasteiger partial charge in [-0.05, 0) is 35.0 Å². The Kier molecular flexibility index (Phi) is 5.82. The van der Waals surface area contributed by atoms with Gasteiger partial charge >= 0.3 is 0 Å². The van der Waals surface area contributed by atoms with Gasteiger partial charge in [-0.2, -0.15) is 4.98 Å². The van der Waals surface area contributed by atoms with Crippen LogP contribution in [0.4, 0.5) is 5.13 Å². The van der Waals surface area contributed by atoms with Crippen LogP contribution in [0.1, 0.15) is 16.1 Å². The summed E-state index contributed by atoms with van der Waals surface area (Å²) in [4.78, 5) is 44.7. The first kappa shape index (κ1) is 20.5. The van der Waals surface area contributed by atoms with Crippen molar-refractivity contribution in [3.8, 4) is 0 Å². The molecule has 3 aromatic rings. The van der Waals surface area contributed by atoms with Crippen molar-refractivity contribution in [3.63, 3.8) is 0 Å². The lowest BCUT2D eigenvalue weighted by Gasteiger charge is -2.34. The van der Waals surface area contributed by atoms with Gasteiger partial charge in [0.15, 0.2) is 0 Å². The van der Waals surface area contributed by atoms with E-state index in [9.17, 15) is 14.4 Å². The van der Waals surface area contributed by atoms with Gasteiger partial charge in [0.1, 0.15) is 0 Å². The summed E-state index contributed by atoms with van der Waals surface area (Å²) >= 11 is 4.70. The number of fused-ring (bicyclic) bond motifs is 1. The lowest BCUT2D eigenvalue weighted by molar-refractivity contribution is -0.130. The molecular formula is C19H19BrN6O3S. The van der Waals surface area contributed by atoms with Gasteiger partial charge in [-0.3, -0.25) is 14.4 Å². The highest BCUT2D eigenvalue weighted by Crippen LogP contribution is 2.23. The largest absolute Gasteiger partial charge is 0.343 e. The third-order valence-corrected chi connectivity index (χ3v) is 6.50. The quantitative estimate of drug-likeness (QED) is 0.591. The highest BCUT2D eigenvalue weighted by atomic mass is 79.9. The molecule has 0 bridgehead atoms. The molecule has 156 valence electrons. The van der Waals surface area contributed by atoms with E-state index in [-0.39, 0.29) is 23.9 Å².